The fourth-order valence-corrected chi connectivity index (χ4v) is 5.65. The first kappa shape index (κ1) is 16.0. The maximum atomic E-state index is 13.2. The van der Waals surface area contributed by atoms with Crippen molar-refractivity contribution >= 4 is 28.6 Å². The molecular formula is C18H21N3OS2. The average Bonchev–Trinajstić information content (AvgIpc) is 3.34. The fraction of sp³-hybridized carbons (Fsp3) is 0.444. The molecule has 0 bridgehead atoms. The summed E-state index contributed by atoms with van der Waals surface area (Å²) in [6.45, 7) is 7.94. The number of thiophene rings is 1. The molecule has 2 aromatic heterocycles. The molecule has 0 unspecified atom stereocenters. The molecule has 6 heteroatoms. The van der Waals surface area contributed by atoms with Crippen molar-refractivity contribution in [2.45, 2.75) is 18.9 Å². The highest BCUT2D eigenvalue weighted by molar-refractivity contribution is 7.09. The quantitative estimate of drug-likeness (QED) is 0.769. The SMILES string of the molecule is C=CCN1CC[C@]2(CN(Cc3ccsc3)C[C@H]2c2nccs2)C1=O. The molecule has 4 nitrogen and oxygen atoms in total. The van der Waals surface area contributed by atoms with Gasteiger partial charge in [-0.15, -0.1) is 17.9 Å². The first-order chi connectivity index (χ1) is 11.7. The lowest BCUT2D eigenvalue weighted by atomic mass is 9.77. The summed E-state index contributed by atoms with van der Waals surface area (Å²) >= 11 is 3.41. The Labute approximate surface area is 150 Å². The Balaban J connectivity index is 1.62. The summed E-state index contributed by atoms with van der Waals surface area (Å²) in [7, 11) is 0. The molecule has 0 N–H and O–H groups in total. The highest BCUT2D eigenvalue weighted by Gasteiger charge is 2.57. The second-order valence-electron chi connectivity index (χ2n) is 6.67. The lowest BCUT2D eigenvalue weighted by molar-refractivity contribution is -0.135. The second kappa shape index (κ2) is 6.43. The molecule has 4 rings (SSSR count). The van der Waals surface area contributed by atoms with Crippen molar-refractivity contribution in [1.82, 2.24) is 14.8 Å². The lowest BCUT2D eigenvalue weighted by Gasteiger charge is -2.27. The molecule has 0 aliphatic carbocycles. The highest BCUT2D eigenvalue weighted by Crippen LogP contribution is 2.50. The number of thiazole rings is 1. The number of rotatable bonds is 5. The number of aromatic nitrogens is 1. The van der Waals surface area contributed by atoms with E-state index < -0.39 is 0 Å². The van der Waals surface area contributed by atoms with Crippen LogP contribution in [0.1, 0.15) is 22.9 Å². The molecule has 1 amide bonds. The number of carbonyl (C=O) groups excluding carboxylic acids is 1. The zero-order chi connectivity index (χ0) is 16.6. The van der Waals surface area contributed by atoms with Gasteiger partial charge in [-0.25, -0.2) is 4.98 Å². The third kappa shape index (κ3) is 2.62. The van der Waals surface area contributed by atoms with Crippen molar-refractivity contribution in [3.05, 3.63) is 51.6 Å². The summed E-state index contributed by atoms with van der Waals surface area (Å²) in [4.78, 5) is 22.2. The van der Waals surface area contributed by atoms with Crippen molar-refractivity contribution in [2.24, 2.45) is 5.41 Å². The number of carbonyl (C=O) groups is 1. The molecule has 0 aromatic carbocycles. The van der Waals surface area contributed by atoms with E-state index in [1.165, 1.54) is 5.56 Å². The summed E-state index contributed by atoms with van der Waals surface area (Å²) in [5, 5.41) is 7.44. The molecule has 0 radical (unpaired) electrons. The van der Waals surface area contributed by atoms with Crippen LogP contribution >= 0.6 is 22.7 Å². The predicted octanol–water partition coefficient (Wildman–Crippen LogP) is 3.21. The molecule has 2 saturated heterocycles. The molecule has 1 spiro atoms. The average molecular weight is 360 g/mol. The van der Waals surface area contributed by atoms with Crippen LogP contribution in [0.15, 0.2) is 41.1 Å². The highest BCUT2D eigenvalue weighted by atomic mass is 32.1. The minimum Gasteiger partial charge on any atom is -0.338 e. The van der Waals surface area contributed by atoms with Crippen LogP contribution in [-0.4, -0.2) is 46.9 Å². The molecule has 126 valence electrons. The van der Waals surface area contributed by atoms with Crippen molar-refractivity contribution in [3.63, 3.8) is 0 Å². The predicted molar refractivity (Wildman–Crippen MR) is 98.3 cm³/mol. The molecule has 2 atom stereocenters. The lowest BCUT2D eigenvalue weighted by Crippen LogP contribution is -2.39. The standard InChI is InChI=1S/C18H21N3OS2/c1-2-6-21-7-4-18(17(21)22)13-20(10-14-3-8-23-12-14)11-15(18)16-19-5-9-24-16/h2-3,5,8-9,12,15H,1,4,6-7,10-11,13H2/t15-,18+/m0/s1. The Morgan fingerprint density at radius 2 is 2.38 bits per heavy atom. The second-order valence-corrected chi connectivity index (χ2v) is 8.38. The molecule has 2 aliphatic heterocycles. The Kier molecular flexibility index (Phi) is 4.28. The van der Waals surface area contributed by atoms with Crippen LogP contribution < -0.4 is 0 Å². The number of amides is 1. The minimum atomic E-state index is -0.309. The minimum absolute atomic E-state index is 0.207. The van der Waals surface area contributed by atoms with Crippen molar-refractivity contribution in [1.29, 1.82) is 0 Å². The van der Waals surface area contributed by atoms with E-state index in [0.717, 1.165) is 37.6 Å². The molecule has 2 aliphatic rings. The van der Waals surface area contributed by atoms with E-state index >= 15 is 0 Å². The van der Waals surface area contributed by atoms with Crippen molar-refractivity contribution in [2.75, 3.05) is 26.2 Å². The zero-order valence-corrected chi connectivity index (χ0v) is 15.2. The van der Waals surface area contributed by atoms with E-state index in [1.54, 1.807) is 22.7 Å². The van der Waals surface area contributed by atoms with Crippen molar-refractivity contribution in [3.8, 4) is 0 Å². The Morgan fingerprint density at radius 3 is 3.08 bits per heavy atom. The summed E-state index contributed by atoms with van der Waals surface area (Å²) in [6.07, 6.45) is 4.60. The van der Waals surface area contributed by atoms with E-state index in [0.29, 0.717) is 6.54 Å². The van der Waals surface area contributed by atoms with Gasteiger partial charge in [0.1, 0.15) is 0 Å². The number of nitrogens with zero attached hydrogens (tertiary/aromatic N) is 3. The summed E-state index contributed by atoms with van der Waals surface area (Å²) < 4.78 is 0. The third-order valence-electron chi connectivity index (χ3n) is 5.24. The van der Waals surface area contributed by atoms with E-state index in [9.17, 15) is 4.79 Å². The van der Waals surface area contributed by atoms with E-state index in [4.69, 9.17) is 0 Å². The number of hydrogen-bond acceptors (Lipinski definition) is 5. The van der Waals surface area contributed by atoms with Crippen molar-refractivity contribution < 1.29 is 4.79 Å². The maximum absolute atomic E-state index is 13.2. The normalized spacial score (nSPS) is 27.4. The molecule has 2 aromatic rings. The Bertz CT molecular complexity index is 713. The van der Waals surface area contributed by atoms with Gasteiger partial charge in [-0.1, -0.05) is 6.08 Å². The van der Waals surface area contributed by atoms with Gasteiger partial charge in [0.25, 0.3) is 0 Å². The number of hydrogen-bond donors (Lipinski definition) is 0. The van der Waals surface area contributed by atoms with Gasteiger partial charge >= 0.3 is 0 Å². The van der Waals surface area contributed by atoms with Gasteiger partial charge in [-0.3, -0.25) is 9.69 Å². The van der Waals surface area contributed by atoms with Crippen LogP contribution in [0.2, 0.25) is 0 Å². The zero-order valence-electron chi connectivity index (χ0n) is 13.6. The van der Waals surface area contributed by atoms with Gasteiger partial charge < -0.3 is 4.90 Å². The fourth-order valence-electron chi connectivity index (χ4n) is 4.15. The monoisotopic (exact) mass is 359 g/mol. The first-order valence-corrected chi connectivity index (χ1v) is 10.1. The van der Waals surface area contributed by atoms with Gasteiger partial charge in [0.15, 0.2) is 0 Å². The smallest absolute Gasteiger partial charge is 0.231 e. The number of likely N-dealkylation sites (tertiary alicyclic amines) is 2. The molecular weight excluding hydrogens is 338 g/mol. The van der Waals surface area contributed by atoms with Gasteiger partial charge in [0, 0.05) is 50.2 Å². The third-order valence-corrected chi connectivity index (χ3v) is 6.86. The van der Waals surface area contributed by atoms with Crippen LogP contribution in [0.5, 0.6) is 0 Å². The topological polar surface area (TPSA) is 36.4 Å². The van der Waals surface area contributed by atoms with Crippen LogP contribution in [0.3, 0.4) is 0 Å². The van der Waals surface area contributed by atoms with Crippen LogP contribution in [0.25, 0.3) is 0 Å². The molecule has 4 heterocycles. The molecule has 2 fully saturated rings. The van der Waals surface area contributed by atoms with Gasteiger partial charge in [-0.2, -0.15) is 11.3 Å². The van der Waals surface area contributed by atoms with Gasteiger partial charge in [0.2, 0.25) is 5.91 Å². The summed E-state index contributed by atoms with van der Waals surface area (Å²) in [6, 6.07) is 2.18. The maximum Gasteiger partial charge on any atom is 0.231 e. The summed E-state index contributed by atoms with van der Waals surface area (Å²) in [5.41, 5.74) is 1.03. The van der Waals surface area contributed by atoms with Crippen LogP contribution in [0, 0.1) is 5.41 Å². The van der Waals surface area contributed by atoms with Gasteiger partial charge in [0.05, 0.1) is 10.4 Å². The first-order valence-electron chi connectivity index (χ1n) is 8.26. The van der Waals surface area contributed by atoms with E-state index in [-0.39, 0.29) is 17.2 Å². The van der Waals surface area contributed by atoms with Crippen LogP contribution in [0.4, 0.5) is 0 Å². The van der Waals surface area contributed by atoms with Crippen LogP contribution in [-0.2, 0) is 11.3 Å². The molecule has 24 heavy (non-hydrogen) atoms. The van der Waals surface area contributed by atoms with E-state index in [2.05, 4.69) is 33.3 Å². The Hall–Kier alpha value is -1.50. The largest absolute Gasteiger partial charge is 0.338 e. The molecule has 0 saturated carbocycles. The summed E-state index contributed by atoms with van der Waals surface area (Å²) in [5.74, 6) is 0.494. The van der Waals surface area contributed by atoms with Gasteiger partial charge in [-0.05, 0) is 28.8 Å². The van der Waals surface area contributed by atoms with E-state index in [1.807, 2.05) is 22.6 Å². The Morgan fingerprint density at radius 1 is 1.46 bits per heavy atom.